The van der Waals surface area contributed by atoms with Gasteiger partial charge in [-0.1, -0.05) is 13.8 Å². The van der Waals surface area contributed by atoms with E-state index < -0.39 is 6.10 Å². The molecule has 1 atom stereocenters. The molecule has 0 radical (unpaired) electrons. The van der Waals surface area contributed by atoms with Gasteiger partial charge >= 0.3 is 0 Å². The number of methoxy groups -OCH3 is 1. The van der Waals surface area contributed by atoms with E-state index >= 15 is 0 Å². The van der Waals surface area contributed by atoms with Gasteiger partial charge in [0.2, 0.25) is 0 Å². The summed E-state index contributed by atoms with van der Waals surface area (Å²) in [7, 11) is 1.67. The highest BCUT2D eigenvalue weighted by Gasteiger charge is 2.16. The number of nitrogens with zero attached hydrogens (tertiary/aromatic N) is 2. The summed E-state index contributed by atoms with van der Waals surface area (Å²) in [6.45, 7) is 11.3. The summed E-state index contributed by atoms with van der Waals surface area (Å²) < 4.78 is 10.7. The van der Waals surface area contributed by atoms with Crippen molar-refractivity contribution in [3.63, 3.8) is 0 Å². The quantitative estimate of drug-likeness (QED) is 0.522. The Hall–Kier alpha value is -1.32. The lowest BCUT2D eigenvalue weighted by molar-refractivity contribution is 0.00544. The largest absolute Gasteiger partial charge is 0.389 e. The molecule has 2 rings (SSSR count). The number of nitrogens with one attached hydrogen (secondary N) is 1. The molecule has 0 aromatic carbocycles. The van der Waals surface area contributed by atoms with E-state index in [2.05, 4.69) is 28.7 Å². The number of aliphatic hydroxyl groups excluding tert-OH is 1. The molecule has 2 aromatic heterocycles. The van der Waals surface area contributed by atoms with E-state index in [-0.39, 0.29) is 5.56 Å². The molecule has 158 valence electrons. The van der Waals surface area contributed by atoms with Gasteiger partial charge in [-0.25, -0.2) is 4.98 Å². The lowest BCUT2D eigenvalue weighted by Gasteiger charge is -2.24. The van der Waals surface area contributed by atoms with Crippen LogP contribution in [0.15, 0.2) is 4.79 Å². The third-order valence-corrected chi connectivity index (χ3v) is 5.62. The van der Waals surface area contributed by atoms with Crippen LogP contribution in [0.25, 0.3) is 10.2 Å². The number of ether oxygens (including phenoxy) is 2. The summed E-state index contributed by atoms with van der Waals surface area (Å²) >= 11 is 1.54. The van der Waals surface area contributed by atoms with Gasteiger partial charge in [0, 0.05) is 38.3 Å². The minimum Gasteiger partial charge on any atom is -0.389 e. The Bertz CT molecular complexity index is 803. The standard InChI is InChI=1S/C20H33N3O4S/c1-13(2)11-27-12-16(24)9-23(7-6-8-26-5)10-17-21-19(25)18-14(3)15(4)28-20(18)22-17/h13,16,24H,6-12H2,1-5H3,(H,21,22,25)/t16-/m0/s1. The Labute approximate surface area is 170 Å². The van der Waals surface area contributed by atoms with Crippen molar-refractivity contribution in [1.29, 1.82) is 0 Å². The lowest BCUT2D eigenvalue weighted by atomic mass is 10.2. The molecule has 0 unspecified atom stereocenters. The monoisotopic (exact) mass is 411 g/mol. The maximum atomic E-state index is 12.5. The van der Waals surface area contributed by atoms with E-state index in [4.69, 9.17) is 9.47 Å². The van der Waals surface area contributed by atoms with Crippen LogP contribution in [0.4, 0.5) is 0 Å². The second kappa shape index (κ2) is 11.0. The van der Waals surface area contributed by atoms with Gasteiger partial charge in [0.15, 0.2) is 0 Å². The summed E-state index contributed by atoms with van der Waals surface area (Å²) in [5.74, 6) is 1.05. The van der Waals surface area contributed by atoms with Crippen LogP contribution in [0.2, 0.25) is 0 Å². The Morgan fingerprint density at radius 1 is 1.29 bits per heavy atom. The summed E-state index contributed by atoms with van der Waals surface area (Å²) in [6, 6.07) is 0. The van der Waals surface area contributed by atoms with E-state index in [1.807, 2.05) is 13.8 Å². The first-order valence-corrected chi connectivity index (χ1v) is 10.6. The van der Waals surface area contributed by atoms with Gasteiger partial charge in [0.1, 0.15) is 10.7 Å². The number of hydrogen-bond acceptors (Lipinski definition) is 7. The van der Waals surface area contributed by atoms with E-state index in [0.29, 0.717) is 50.0 Å². The summed E-state index contributed by atoms with van der Waals surface area (Å²) in [5, 5.41) is 11.0. The van der Waals surface area contributed by atoms with Crippen molar-refractivity contribution in [3.05, 3.63) is 26.6 Å². The Balaban J connectivity index is 2.08. The van der Waals surface area contributed by atoms with E-state index in [9.17, 15) is 9.90 Å². The summed E-state index contributed by atoms with van der Waals surface area (Å²) in [6.07, 6.45) is 0.239. The highest BCUT2D eigenvalue weighted by Crippen LogP contribution is 2.25. The number of fused-ring (bicyclic) bond motifs is 1. The van der Waals surface area contributed by atoms with Gasteiger partial charge in [-0.2, -0.15) is 0 Å². The fourth-order valence-electron chi connectivity index (χ4n) is 3.04. The smallest absolute Gasteiger partial charge is 0.259 e. The fraction of sp³-hybridized carbons (Fsp3) is 0.700. The van der Waals surface area contributed by atoms with Crippen molar-refractivity contribution in [2.45, 2.75) is 46.8 Å². The molecule has 0 spiro atoms. The normalized spacial score (nSPS) is 13.1. The molecule has 7 nitrogen and oxygen atoms in total. The van der Waals surface area contributed by atoms with Crippen molar-refractivity contribution in [2.75, 3.05) is 40.0 Å². The maximum absolute atomic E-state index is 12.5. The molecule has 0 saturated heterocycles. The van der Waals surface area contributed by atoms with Gasteiger partial charge in [-0.15, -0.1) is 11.3 Å². The van der Waals surface area contributed by atoms with Crippen LogP contribution in [0, 0.1) is 19.8 Å². The highest BCUT2D eigenvalue weighted by molar-refractivity contribution is 7.18. The second-order valence-corrected chi connectivity index (χ2v) is 8.85. The third-order valence-electron chi connectivity index (χ3n) is 4.51. The second-order valence-electron chi connectivity index (χ2n) is 7.64. The molecule has 0 bridgehead atoms. The highest BCUT2D eigenvalue weighted by atomic mass is 32.1. The van der Waals surface area contributed by atoms with Crippen molar-refractivity contribution in [3.8, 4) is 0 Å². The van der Waals surface area contributed by atoms with Gasteiger partial charge in [-0.3, -0.25) is 9.69 Å². The number of hydrogen-bond donors (Lipinski definition) is 2. The van der Waals surface area contributed by atoms with Gasteiger partial charge in [0.25, 0.3) is 5.56 Å². The number of aliphatic hydroxyl groups is 1. The van der Waals surface area contributed by atoms with Crippen molar-refractivity contribution >= 4 is 21.6 Å². The number of aryl methyl sites for hydroxylation is 2. The third kappa shape index (κ3) is 6.63. The fourth-order valence-corrected chi connectivity index (χ4v) is 4.09. The minimum absolute atomic E-state index is 0.0977. The molecule has 0 aliphatic carbocycles. The minimum atomic E-state index is -0.594. The summed E-state index contributed by atoms with van der Waals surface area (Å²) in [5.41, 5.74) is 0.898. The molecule has 2 N–H and O–H groups in total. The average molecular weight is 412 g/mol. The topological polar surface area (TPSA) is 87.7 Å². The van der Waals surface area contributed by atoms with Crippen LogP contribution in [0.3, 0.4) is 0 Å². The van der Waals surface area contributed by atoms with Crippen LogP contribution in [-0.4, -0.2) is 66.1 Å². The van der Waals surface area contributed by atoms with Crippen LogP contribution in [0.1, 0.15) is 36.5 Å². The molecule has 8 heteroatoms. The SMILES string of the molecule is COCCCN(Cc1nc2sc(C)c(C)c2c(=O)[nH]1)C[C@H](O)COCC(C)C. The molecule has 0 aliphatic rings. The predicted octanol–water partition coefficient (Wildman–Crippen LogP) is 2.47. The molecule has 0 fully saturated rings. The van der Waals surface area contributed by atoms with Crippen molar-refractivity contribution < 1.29 is 14.6 Å². The number of rotatable bonds is 12. The first-order valence-electron chi connectivity index (χ1n) is 9.77. The summed E-state index contributed by atoms with van der Waals surface area (Å²) in [4.78, 5) is 24.0. The number of H-pyrrole nitrogens is 1. The molecule has 28 heavy (non-hydrogen) atoms. The first-order chi connectivity index (χ1) is 13.3. The molecule has 0 aliphatic heterocycles. The molecule has 0 amide bonds. The molecule has 0 saturated carbocycles. The van der Waals surface area contributed by atoms with E-state index in [0.717, 1.165) is 28.2 Å². The van der Waals surface area contributed by atoms with Crippen LogP contribution in [0.5, 0.6) is 0 Å². The molecule has 2 heterocycles. The maximum Gasteiger partial charge on any atom is 0.259 e. The lowest BCUT2D eigenvalue weighted by Crippen LogP contribution is -2.36. The van der Waals surface area contributed by atoms with Crippen LogP contribution < -0.4 is 5.56 Å². The van der Waals surface area contributed by atoms with Crippen LogP contribution >= 0.6 is 11.3 Å². The number of aromatic amines is 1. The number of aromatic nitrogens is 2. The zero-order chi connectivity index (χ0) is 20.7. The van der Waals surface area contributed by atoms with Crippen molar-refractivity contribution in [2.24, 2.45) is 5.92 Å². The molecule has 2 aromatic rings. The Morgan fingerprint density at radius 2 is 2.04 bits per heavy atom. The Morgan fingerprint density at radius 3 is 2.71 bits per heavy atom. The number of thiophene rings is 1. The van der Waals surface area contributed by atoms with Crippen molar-refractivity contribution in [1.82, 2.24) is 14.9 Å². The Kier molecular flexibility index (Phi) is 9.04. The van der Waals surface area contributed by atoms with E-state index in [1.165, 1.54) is 0 Å². The predicted molar refractivity (Wildman–Crippen MR) is 113 cm³/mol. The van der Waals surface area contributed by atoms with Gasteiger partial charge < -0.3 is 19.6 Å². The van der Waals surface area contributed by atoms with Gasteiger partial charge in [-0.05, 0) is 31.7 Å². The average Bonchev–Trinajstić information content (AvgIpc) is 2.89. The molecular formula is C20H33N3O4S. The zero-order valence-corrected chi connectivity index (χ0v) is 18.4. The van der Waals surface area contributed by atoms with E-state index in [1.54, 1.807) is 18.4 Å². The van der Waals surface area contributed by atoms with Crippen LogP contribution in [-0.2, 0) is 16.0 Å². The zero-order valence-electron chi connectivity index (χ0n) is 17.6. The van der Waals surface area contributed by atoms with Gasteiger partial charge in [0.05, 0.1) is 24.6 Å². The first kappa shape index (κ1) is 23.0. The molecular weight excluding hydrogens is 378 g/mol.